The summed E-state index contributed by atoms with van der Waals surface area (Å²) in [5, 5.41) is 14.0. The summed E-state index contributed by atoms with van der Waals surface area (Å²) in [7, 11) is 1.93. The fraction of sp³-hybridized carbons (Fsp3) is 0.538. The molecule has 1 N–H and O–H groups in total. The third kappa shape index (κ3) is 3.27. The molecule has 1 aliphatic rings. The number of nitro benzene ring substituents is 1. The van der Waals surface area contributed by atoms with Crippen LogP contribution in [0, 0.1) is 15.9 Å². The topological polar surface area (TPSA) is 58.4 Å². The number of benzene rings is 1. The SMILES string of the molecule is CN(Cc1cccc([N+](=O)[O-])c1F)C1CCCNC1. The molecule has 1 saturated heterocycles. The lowest BCUT2D eigenvalue weighted by molar-refractivity contribution is -0.387. The van der Waals surface area contributed by atoms with E-state index in [0.717, 1.165) is 25.9 Å². The molecule has 6 heteroatoms. The minimum absolute atomic E-state index is 0.354. The van der Waals surface area contributed by atoms with E-state index in [2.05, 4.69) is 5.32 Å². The molecule has 104 valence electrons. The lowest BCUT2D eigenvalue weighted by atomic mass is 10.1. The van der Waals surface area contributed by atoms with Crippen LogP contribution < -0.4 is 5.32 Å². The second kappa shape index (κ2) is 6.08. The van der Waals surface area contributed by atoms with Gasteiger partial charge in [0.05, 0.1) is 4.92 Å². The van der Waals surface area contributed by atoms with Crippen LogP contribution in [0.15, 0.2) is 18.2 Å². The highest BCUT2D eigenvalue weighted by atomic mass is 19.1. The molecule has 0 spiro atoms. The van der Waals surface area contributed by atoms with E-state index in [1.165, 1.54) is 12.1 Å². The molecule has 1 atom stereocenters. The van der Waals surface area contributed by atoms with E-state index in [9.17, 15) is 14.5 Å². The van der Waals surface area contributed by atoms with Gasteiger partial charge in [-0.2, -0.15) is 4.39 Å². The summed E-state index contributed by atoms with van der Waals surface area (Å²) in [6, 6.07) is 4.69. The number of nitrogens with zero attached hydrogens (tertiary/aromatic N) is 2. The molecule has 5 nitrogen and oxygen atoms in total. The Bertz CT molecular complexity index is 461. The van der Waals surface area contributed by atoms with Crippen LogP contribution in [-0.2, 0) is 6.54 Å². The van der Waals surface area contributed by atoms with Gasteiger partial charge < -0.3 is 5.32 Å². The molecule has 0 radical (unpaired) electrons. The van der Waals surface area contributed by atoms with Gasteiger partial charge in [-0.3, -0.25) is 15.0 Å². The van der Waals surface area contributed by atoms with E-state index >= 15 is 0 Å². The Balaban J connectivity index is 2.10. The van der Waals surface area contributed by atoms with Crippen LogP contribution in [0.3, 0.4) is 0 Å². The molecule has 1 heterocycles. The van der Waals surface area contributed by atoms with Gasteiger partial charge in [-0.05, 0) is 26.4 Å². The normalized spacial score (nSPS) is 19.6. The van der Waals surface area contributed by atoms with Gasteiger partial charge in [0.15, 0.2) is 0 Å². The Kier molecular flexibility index (Phi) is 4.44. The van der Waals surface area contributed by atoms with Crippen molar-refractivity contribution in [3.63, 3.8) is 0 Å². The standard InChI is InChI=1S/C13H18FN3O2/c1-16(11-5-3-7-15-8-11)9-10-4-2-6-12(13(10)14)17(18)19/h2,4,6,11,15H,3,5,7-9H2,1H3. The Morgan fingerprint density at radius 3 is 3.00 bits per heavy atom. The number of halogens is 1. The molecule has 1 fully saturated rings. The molecule has 19 heavy (non-hydrogen) atoms. The van der Waals surface area contributed by atoms with Gasteiger partial charge in [0.1, 0.15) is 0 Å². The fourth-order valence-corrected chi connectivity index (χ4v) is 2.44. The van der Waals surface area contributed by atoms with E-state index in [4.69, 9.17) is 0 Å². The molecule has 0 saturated carbocycles. The van der Waals surface area contributed by atoms with Crippen LogP contribution in [0.5, 0.6) is 0 Å². The van der Waals surface area contributed by atoms with Crippen LogP contribution in [0.25, 0.3) is 0 Å². The Morgan fingerprint density at radius 2 is 2.37 bits per heavy atom. The first-order valence-electron chi connectivity index (χ1n) is 6.42. The zero-order chi connectivity index (χ0) is 13.8. The smallest absolute Gasteiger partial charge is 0.305 e. The largest absolute Gasteiger partial charge is 0.315 e. The zero-order valence-corrected chi connectivity index (χ0v) is 10.9. The zero-order valence-electron chi connectivity index (χ0n) is 10.9. The first kappa shape index (κ1) is 13.9. The summed E-state index contributed by atoms with van der Waals surface area (Å²) in [4.78, 5) is 12.1. The highest BCUT2D eigenvalue weighted by Crippen LogP contribution is 2.22. The van der Waals surface area contributed by atoms with Crippen molar-refractivity contribution in [1.29, 1.82) is 0 Å². The minimum Gasteiger partial charge on any atom is -0.315 e. The summed E-state index contributed by atoms with van der Waals surface area (Å²) < 4.78 is 14.0. The van der Waals surface area contributed by atoms with E-state index < -0.39 is 16.4 Å². The molecule has 1 aliphatic heterocycles. The summed E-state index contributed by atoms with van der Waals surface area (Å²) in [5.41, 5.74) is -0.0741. The van der Waals surface area contributed by atoms with Crippen molar-refractivity contribution in [3.8, 4) is 0 Å². The third-order valence-corrected chi connectivity index (χ3v) is 3.57. The summed E-state index contributed by atoms with van der Waals surface area (Å²) in [5.74, 6) is -0.719. The van der Waals surface area contributed by atoms with Crippen molar-refractivity contribution in [3.05, 3.63) is 39.7 Å². The first-order valence-corrected chi connectivity index (χ1v) is 6.42. The second-order valence-corrected chi connectivity index (χ2v) is 4.92. The van der Waals surface area contributed by atoms with Crippen LogP contribution in [-0.4, -0.2) is 36.0 Å². The number of rotatable bonds is 4. The third-order valence-electron chi connectivity index (χ3n) is 3.57. The lowest BCUT2D eigenvalue weighted by Crippen LogP contribution is -2.43. The number of hydrogen-bond acceptors (Lipinski definition) is 4. The van der Waals surface area contributed by atoms with Crippen LogP contribution in [0.2, 0.25) is 0 Å². The van der Waals surface area contributed by atoms with Crippen molar-refractivity contribution in [2.75, 3.05) is 20.1 Å². The van der Waals surface area contributed by atoms with Crippen LogP contribution in [0.4, 0.5) is 10.1 Å². The summed E-state index contributed by atoms with van der Waals surface area (Å²) >= 11 is 0. The number of hydrogen-bond donors (Lipinski definition) is 1. The van der Waals surface area contributed by atoms with Gasteiger partial charge in [-0.15, -0.1) is 0 Å². The maximum absolute atomic E-state index is 14.0. The predicted octanol–water partition coefficient (Wildman–Crippen LogP) is 1.92. The number of nitro groups is 1. The molecular formula is C13H18FN3O2. The van der Waals surface area contributed by atoms with E-state index in [-0.39, 0.29) is 0 Å². The maximum atomic E-state index is 14.0. The van der Waals surface area contributed by atoms with Crippen LogP contribution in [0.1, 0.15) is 18.4 Å². The van der Waals surface area contributed by atoms with Crippen molar-refractivity contribution >= 4 is 5.69 Å². The average molecular weight is 267 g/mol. The van der Waals surface area contributed by atoms with Gasteiger partial charge in [0.25, 0.3) is 0 Å². The molecule has 0 bridgehead atoms. The van der Waals surface area contributed by atoms with Gasteiger partial charge in [-0.1, -0.05) is 12.1 Å². The van der Waals surface area contributed by atoms with E-state index in [1.807, 2.05) is 11.9 Å². The molecule has 1 aromatic carbocycles. The quantitative estimate of drug-likeness (QED) is 0.669. The summed E-state index contributed by atoms with van der Waals surface area (Å²) in [6.07, 6.45) is 2.17. The monoisotopic (exact) mass is 267 g/mol. The fourth-order valence-electron chi connectivity index (χ4n) is 2.44. The summed E-state index contributed by atoms with van der Waals surface area (Å²) in [6.45, 7) is 2.29. The van der Waals surface area contributed by atoms with Gasteiger partial charge in [0.2, 0.25) is 5.82 Å². The van der Waals surface area contributed by atoms with E-state index in [1.54, 1.807) is 6.07 Å². The number of likely N-dealkylation sites (N-methyl/N-ethyl adjacent to an activating group) is 1. The highest BCUT2D eigenvalue weighted by molar-refractivity contribution is 5.36. The van der Waals surface area contributed by atoms with Crippen LogP contribution >= 0.6 is 0 Å². The Hall–Kier alpha value is -1.53. The van der Waals surface area contributed by atoms with Crippen molar-refractivity contribution < 1.29 is 9.31 Å². The van der Waals surface area contributed by atoms with Crippen molar-refractivity contribution in [2.24, 2.45) is 0 Å². The molecule has 2 rings (SSSR count). The lowest BCUT2D eigenvalue weighted by Gasteiger charge is -2.31. The van der Waals surface area contributed by atoms with Crippen molar-refractivity contribution in [2.45, 2.75) is 25.4 Å². The maximum Gasteiger partial charge on any atom is 0.305 e. The molecule has 0 amide bonds. The molecule has 0 aromatic heterocycles. The Morgan fingerprint density at radius 1 is 1.58 bits per heavy atom. The highest BCUT2D eigenvalue weighted by Gasteiger charge is 2.22. The van der Waals surface area contributed by atoms with Crippen molar-refractivity contribution in [1.82, 2.24) is 10.2 Å². The average Bonchev–Trinajstić information content (AvgIpc) is 2.41. The number of piperidine rings is 1. The minimum atomic E-state index is -0.719. The molecule has 0 aliphatic carbocycles. The number of nitrogens with one attached hydrogen (secondary N) is 1. The van der Waals surface area contributed by atoms with E-state index in [0.29, 0.717) is 18.2 Å². The Labute approximate surface area is 111 Å². The van der Waals surface area contributed by atoms with Gasteiger partial charge >= 0.3 is 5.69 Å². The van der Waals surface area contributed by atoms with Gasteiger partial charge in [-0.25, -0.2) is 0 Å². The second-order valence-electron chi connectivity index (χ2n) is 4.92. The molecule has 1 aromatic rings. The predicted molar refractivity (Wildman–Crippen MR) is 70.4 cm³/mol. The van der Waals surface area contributed by atoms with Gasteiger partial charge in [0, 0.05) is 30.8 Å². The molecular weight excluding hydrogens is 249 g/mol. The first-order chi connectivity index (χ1) is 9.09. The molecule has 1 unspecified atom stereocenters.